The van der Waals surface area contributed by atoms with Gasteiger partial charge in [0.05, 0.1) is 5.69 Å². The predicted molar refractivity (Wildman–Crippen MR) is 156 cm³/mol. The van der Waals surface area contributed by atoms with Crippen LogP contribution in [-0.4, -0.2) is 28.9 Å². The Bertz CT molecular complexity index is 1320. The summed E-state index contributed by atoms with van der Waals surface area (Å²) in [6, 6.07) is 22.0. The maximum Gasteiger partial charge on any atom is 0.357 e. The second-order valence-electron chi connectivity index (χ2n) is 6.25. The number of azo groups is 1. The first-order chi connectivity index (χ1) is 17.8. The van der Waals surface area contributed by atoms with Crippen molar-refractivity contribution in [1.82, 2.24) is 0 Å². The average Bonchev–Trinajstić information content (AvgIpc) is 2.91. The van der Waals surface area contributed by atoms with Gasteiger partial charge in [0.1, 0.15) is 11.1 Å². The number of fused-ring (bicyclic) bond motifs is 2. The summed E-state index contributed by atoms with van der Waals surface area (Å²) in [5, 5.41) is 22.1. The first-order valence-corrected chi connectivity index (χ1v) is 14.4. The number of nitrogens with zero attached hydrogens (tertiary/aromatic N) is 2. The molecule has 8 nitrogen and oxygen atoms in total. The molecule has 0 aliphatic heterocycles. The van der Waals surface area contributed by atoms with Gasteiger partial charge in [0, 0.05) is 44.4 Å². The van der Waals surface area contributed by atoms with E-state index in [0.29, 0.717) is 16.5 Å². The Kier molecular flexibility index (Phi) is 21.9. The van der Waals surface area contributed by atoms with E-state index in [9.17, 15) is 9.32 Å². The maximum absolute atomic E-state index is 11.1. The number of benzene rings is 4. The smallest absolute Gasteiger partial charge is 0.357 e. The van der Waals surface area contributed by atoms with Crippen molar-refractivity contribution in [3.63, 3.8) is 0 Å². The van der Waals surface area contributed by atoms with Gasteiger partial charge in [0.2, 0.25) is 0 Å². The summed E-state index contributed by atoms with van der Waals surface area (Å²) in [7, 11) is 0. The summed E-state index contributed by atoms with van der Waals surface area (Å²) >= 11 is -4.17. The quantitative estimate of drug-likeness (QED) is 0.152. The van der Waals surface area contributed by atoms with Crippen LogP contribution in [0.3, 0.4) is 0 Å². The monoisotopic (exact) mass is 637 g/mol. The molecule has 0 spiro atoms. The summed E-state index contributed by atoms with van der Waals surface area (Å²) in [6.45, 7) is 12.0. The van der Waals surface area contributed by atoms with Crippen molar-refractivity contribution in [2.75, 3.05) is 6.26 Å². The third-order valence-corrected chi connectivity index (χ3v) is 4.44. The Balaban J connectivity index is 0. The minimum Gasteiger partial charge on any atom is -0.505 e. The molecule has 3 N–H and O–H groups in total. The zero-order chi connectivity index (χ0) is 28.4. The van der Waals surface area contributed by atoms with Gasteiger partial charge in [-0.2, -0.15) is 9.32 Å². The van der Waals surface area contributed by atoms with Crippen LogP contribution in [0.15, 0.2) is 83.0 Å². The fraction of sp³-hybridized carbons (Fsp3) is 0.259. The van der Waals surface area contributed by atoms with E-state index >= 15 is 0 Å². The van der Waals surface area contributed by atoms with E-state index in [-0.39, 0.29) is 49.9 Å². The van der Waals surface area contributed by atoms with Crippen LogP contribution in [0, 0.1) is 0 Å². The molecule has 4 rings (SSSR count). The summed E-state index contributed by atoms with van der Waals surface area (Å²) in [5.41, 5.74) is 0.571. The van der Waals surface area contributed by atoms with Gasteiger partial charge in [0.25, 0.3) is 0 Å². The van der Waals surface area contributed by atoms with Gasteiger partial charge in [-0.15, -0.1) is 5.11 Å². The van der Waals surface area contributed by atoms with E-state index in [0.717, 1.165) is 10.8 Å². The van der Waals surface area contributed by atoms with Crippen molar-refractivity contribution in [3.05, 3.63) is 72.8 Å². The van der Waals surface area contributed by atoms with Gasteiger partial charge >= 0.3 is 11.4 Å². The zero-order valence-electron chi connectivity index (χ0n) is 22.8. The van der Waals surface area contributed by atoms with Crippen molar-refractivity contribution in [2.45, 2.75) is 41.5 Å². The Morgan fingerprint density at radius 2 is 1.21 bits per heavy atom. The Hall–Kier alpha value is -2.08. The van der Waals surface area contributed by atoms with Crippen LogP contribution in [0.25, 0.3) is 21.5 Å². The molecule has 0 bridgehead atoms. The maximum atomic E-state index is 11.1. The van der Waals surface area contributed by atoms with E-state index in [1.807, 2.05) is 77.9 Å². The zero-order valence-corrected chi connectivity index (χ0v) is 27.3. The molecule has 0 saturated heterocycles. The molecule has 0 fully saturated rings. The van der Waals surface area contributed by atoms with Crippen LogP contribution in [0.5, 0.6) is 11.5 Å². The van der Waals surface area contributed by atoms with Crippen LogP contribution < -0.4 is 4.18 Å². The van der Waals surface area contributed by atoms with E-state index < -0.39 is 22.4 Å². The number of hydrogen-bond acceptors (Lipinski definition) is 6. The summed E-state index contributed by atoms with van der Waals surface area (Å²) in [5.74, 6) is -0.199. The average molecular weight is 638 g/mol. The van der Waals surface area contributed by atoms with Gasteiger partial charge in [-0.3, -0.25) is 4.55 Å². The molecule has 4 aromatic rings. The summed E-state index contributed by atoms with van der Waals surface area (Å²) in [4.78, 5) is 0. The van der Waals surface area contributed by atoms with Crippen LogP contribution in [0.2, 0.25) is 0 Å². The van der Waals surface area contributed by atoms with E-state index in [4.69, 9.17) is 17.5 Å². The largest absolute Gasteiger partial charge is 0.505 e. The molecule has 1 radical (unpaired) electrons. The molecular formula is C27H36N2O6S2Y. The van der Waals surface area contributed by atoms with Gasteiger partial charge < -0.3 is 13.8 Å². The second kappa shape index (κ2) is 21.8. The molecule has 0 aliphatic rings. The van der Waals surface area contributed by atoms with Crippen LogP contribution in [0.4, 0.5) is 11.4 Å². The minimum absolute atomic E-state index is 0. The van der Waals surface area contributed by atoms with Crippen LogP contribution in [-0.2, 0) is 55.2 Å². The SMILES string of the molecule is CC.CC.CC.CS(=O)O.O=S(O)Oc1cc2ccccc2c(O)c1N=Nc1ccc2ccccc2c1.[Y]. The third-order valence-electron chi connectivity index (χ3n) is 4.12. The molecule has 0 heterocycles. The molecule has 38 heavy (non-hydrogen) atoms. The number of aromatic hydroxyl groups is 1. The molecule has 4 aromatic carbocycles. The minimum atomic E-state index is -2.56. The Morgan fingerprint density at radius 1 is 0.711 bits per heavy atom. The number of phenols is 1. The van der Waals surface area contributed by atoms with Crippen LogP contribution in [0.1, 0.15) is 41.5 Å². The van der Waals surface area contributed by atoms with Gasteiger partial charge in [0.15, 0.2) is 17.2 Å². The van der Waals surface area contributed by atoms with Crippen molar-refractivity contribution in [2.24, 2.45) is 10.2 Å². The summed E-state index contributed by atoms with van der Waals surface area (Å²) < 4.78 is 41.8. The third kappa shape index (κ3) is 12.6. The van der Waals surface area contributed by atoms with Crippen molar-refractivity contribution < 1.29 is 59.5 Å². The first-order valence-electron chi connectivity index (χ1n) is 11.8. The topological polar surface area (TPSA) is 129 Å². The number of hydrogen-bond donors (Lipinski definition) is 3. The predicted octanol–water partition coefficient (Wildman–Crippen LogP) is 8.54. The van der Waals surface area contributed by atoms with Crippen molar-refractivity contribution in [1.29, 1.82) is 0 Å². The van der Waals surface area contributed by atoms with Gasteiger partial charge in [-0.1, -0.05) is 96.1 Å². The molecule has 0 aliphatic carbocycles. The molecule has 2 atom stereocenters. The molecular weight excluding hydrogens is 601 g/mol. The number of rotatable bonds is 4. The van der Waals surface area contributed by atoms with E-state index in [1.54, 1.807) is 30.3 Å². The normalized spacial score (nSPS) is 11.1. The van der Waals surface area contributed by atoms with Crippen molar-refractivity contribution >= 4 is 55.4 Å². The molecule has 205 valence electrons. The van der Waals surface area contributed by atoms with Gasteiger partial charge in [-0.25, -0.2) is 4.21 Å². The van der Waals surface area contributed by atoms with Gasteiger partial charge in [-0.05, 0) is 34.4 Å². The van der Waals surface area contributed by atoms with Crippen LogP contribution >= 0.6 is 0 Å². The summed E-state index contributed by atoms with van der Waals surface area (Å²) in [6.07, 6.45) is 1.19. The first kappa shape index (κ1) is 38.1. The molecule has 11 heteroatoms. The fourth-order valence-corrected chi connectivity index (χ4v) is 3.16. The standard InChI is InChI=1S/C20H14N2O4S.3C2H6.CH4O2S.Y/c23-20-17-8-4-3-7-15(17)12-18(26-27(24)25)19(20)22-21-16-10-9-13-5-1-2-6-14(13)11-16;3*1-2;1-4(2)3;/h1-12,23H,(H,24,25);3*1-2H3;1H3,(H,2,3);. The Labute approximate surface area is 255 Å². The molecule has 2 unspecified atom stereocenters. The molecule has 0 aromatic heterocycles. The van der Waals surface area contributed by atoms with E-state index in [1.165, 1.54) is 12.3 Å². The molecule has 0 amide bonds. The second-order valence-corrected chi connectivity index (χ2v) is 7.70. The number of phenolic OH excluding ortho intramolecular Hbond substituents is 1. The fourth-order valence-electron chi connectivity index (χ4n) is 2.88. The Morgan fingerprint density at radius 3 is 1.76 bits per heavy atom. The van der Waals surface area contributed by atoms with Crippen molar-refractivity contribution in [3.8, 4) is 11.5 Å². The molecule has 0 saturated carbocycles. The van der Waals surface area contributed by atoms with E-state index in [2.05, 4.69) is 10.2 Å².